The minimum atomic E-state index is -4.82. The molecule has 4 heterocycles. The average Bonchev–Trinajstić information content (AvgIpc) is 4.15. The van der Waals surface area contributed by atoms with E-state index in [9.17, 15) is 0 Å². The molecule has 9 heteroatoms. The van der Waals surface area contributed by atoms with Gasteiger partial charge < -0.3 is 18.3 Å². The number of benzene rings is 10. The summed E-state index contributed by atoms with van der Waals surface area (Å²) < 4.78 is 54.7. The van der Waals surface area contributed by atoms with Gasteiger partial charge in [0.05, 0.1) is 74.2 Å². The van der Waals surface area contributed by atoms with Crippen LogP contribution in [0.25, 0.3) is 131 Å². The minimum absolute atomic E-state index is 0.118. The fourth-order valence-electron chi connectivity index (χ4n) is 11.5. The molecule has 14 aromatic rings. The first-order valence-electron chi connectivity index (χ1n) is 23.5. The second-order valence-electron chi connectivity index (χ2n) is 18.1. The van der Waals surface area contributed by atoms with E-state index in [4.69, 9.17) is 13.1 Å². The lowest BCUT2D eigenvalue weighted by Gasteiger charge is -2.23. The Morgan fingerprint density at radius 1 is 0.347 bits per heavy atom. The van der Waals surface area contributed by atoms with E-state index < -0.39 is 11.7 Å². The van der Waals surface area contributed by atoms with Crippen molar-refractivity contribution >= 4 is 98.6 Å². The summed E-state index contributed by atoms with van der Waals surface area (Å²) in [6.45, 7) is 17.4. The van der Waals surface area contributed by atoms with Crippen LogP contribution < -0.4 is 0 Å². The zero-order chi connectivity index (χ0) is 48.4. The van der Waals surface area contributed by atoms with Gasteiger partial charge in [0.2, 0.25) is 5.69 Å². The van der Waals surface area contributed by atoms with E-state index in [1.807, 2.05) is 95.6 Å². The van der Waals surface area contributed by atoms with Crippen molar-refractivity contribution in [2.45, 2.75) is 6.18 Å². The SMILES string of the molecule is [C-]#[N+]c1cccc(C(F)(F)F)c1-c1ccc(-n2c3ccccc3c3cc(-n4c5ccccc5c5ccccc54)ccc32)c([N+]#[C-])c1-n1c2ccccc2c2cc(-n3c4ccccc4c4ccccc43)ccc21. The Morgan fingerprint density at radius 3 is 1.17 bits per heavy atom. The number of rotatable bonds is 5. The van der Waals surface area contributed by atoms with Crippen LogP contribution in [-0.4, -0.2) is 18.3 Å². The van der Waals surface area contributed by atoms with Crippen LogP contribution in [0.4, 0.5) is 24.5 Å². The Labute approximate surface area is 409 Å². The number of aromatic nitrogens is 4. The second-order valence-corrected chi connectivity index (χ2v) is 18.1. The standard InChI is InChI=1S/C63H35F3N6/c1-67-50-23-15-22-49(63(64,65)66)60(50)46-32-35-59(71-55-28-13-7-20-44(55)47-36-38(30-33-57(47)71)69-51-24-9-3-16-40(51)41-17-4-10-25-52(41)69)61(68-2)62(46)72-56-29-14-8-21-45(56)48-37-39(31-34-58(48)72)70-53-26-11-5-18-42(53)43-19-6-12-27-54(43)70/h3-37H. The van der Waals surface area contributed by atoms with Crippen LogP contribution in [0, 0.1) is 13.1 Å². The first kappa shape index (κ1) is 41.2. The van der Waals surface area contributed by atoms with Crippen LogP contribution in [0.5, 0.6) is 0 Å². The van der Waals surface area contributed by atoms with E-state index in [2.05, 4.69) is 114 Å². The molecule has 0 aliphatic rings. The molecule has 0 radical (unpaired) electrons. The maximum absolute atomic E-state index is 15.4. The molecule has 0 N–H and O–H groups in total. The summed E-state index contributed by atoms with van der Waals surface area (Å²) in [6, 6.07) is 68.8. The van der Waals surface area contributed by atoms with Gasteiger partial charge in [0.25, 0.3) is 0 Å². The molecule has 72 heavy (non-hydrogen) atoms. The van der Waals surface area contributed by atoms with Crippen molar-refractivity contribution in [3.8, 4) is 33.9 Å². The molecule has 0 atom stereocenters. The molecule has 0 amide bonds. The lowest BCUT2D eigenvalue weighted by atomic mass is 9.94. The van der Waals surface area contributed by atoms with Crippen molar-refractivity contribution in [1.29, 1.82) is 0 Å². The number of hydrogen-bond acceptors (Lipinski definition) is 0. The molecule has 0 saturated carbocycles. The molecule has 10 aromatic carbocycles. The molecule has 0 bridgehead atoms. The molecule has 6 nitrogen and oxygen atoms in total. The smallest absolute Gasteiger partial charge is 0.319 e. The van der Waals surface area contributed by atoms with Crippen molar-refractivity contribution in [1.82, 2.24) is 18.3 Å². The summed E-state index contributed by atoms with van der Waals surface area (Å²) in [4.78, 5) is 8.03. The third-order valence-corrected chi connectivity index (χ3v) is 14.4. The van der Waals surface area contributed by atoms with E-state index in [-0.39, 0.29) is 28.2 Å². The fraction of sp³-hybridized carbons (Fsp3) is 0.0159. The molecular formula is C63H35F3N6. The summed E-state index contributed by atoms with van der Waals surface area (Å²) in [5, 5.41) is 8.12. The highest BCUT2D eigenvalue weighted by molar-refractivity contribution is 6.15. The van der Waals surface area contributed by atoms with Gasteiger partial charge in [0.15, 0.2) is 5.69 Å². The van der Waals surface area contributed by atoms with Gasteiger partial charge in [-0.15, -0.1) is 0 Å². The van der Waals surface area contributed by atoms with Crippen LogP contribution in [0.1, 0.15) is 5.56 Å². The maximum Gasteiger partial charge on any atom is 0.415 e. The van der Waals surface area contributed by atoms with Crippen molar-refractivity contribution in [2.75, 3.05) is 0 Å². The van der Waals surface area contributed by atoms with E-state index in [0.717, 1.165) is 93.6 Å². The lowest BCUT2D eigenvalue weighted by molar-refractivity contribution is -0.137. The van der Waals surface area contributed by atoms with Gasteiger partial charge in [0, 0.05) is 60.0 Å². The average molecular weight is 933 g/mol. The van der Waals surface area contributed by atoms with Crippen LogP contribution in [0.3, 0.4) is 0 Å². The number of alkyl halides is 3. The Morgan fingerprint density at radius 2 is 0.736 bits per heavy atom. The summed E-state index contributed by atoms with van der Waals surface area (Å²) in [6.07, 6.45) is -4.82. The van der Waals surface area contributed by atoms with E-state index in [0.29, 0.717) is 16.7 Å². The van der Waals surface area contributed by atoms with Crippen molar-refractivity contribution in [3.63, 3.8) is 0 Å². The Balaban J connectivity index is 1.08. The number of halogens is 3. The third kappa shape index (κ3) is 5.76. The molecule has 0 aliphatic heterocycles. The number of fused-ring (bicyclic) bond motifs is 12. The molecule has 14 rings (SSSR count). The topological polar surface area (TPSA) is 28.4 Å². The highest BCUT2D eigenvalue weighted by atomic mass is 19.4. The molecule has 0 saturated heterocycles. The molecule has 4 aromatic heterocycles. The number of para-hydroxylation sites is 6. The summed E-state index contributed by atoms with van der Waals surface area (Å²) in [5.74, 6) is 0. The van der Waals surface area contributed by atoms with Crippen molar-refractivity contribution in [3.05, 3.63) is 241 Å². The van der Waals surface area contributed by atoms with Gasteiger partial charge in [-0.1, -0.05) is 133 Å². The Kier molecular flexibility index (Phi) is 8.77. The quantitative estimate of drug-likeness (QED) is 0.154. The number of hydrogen-bond donors (Lipinski definition) is 0. The normalized spacial score (nSPS) is 12.1. The van der Waals surface area contributed by atoms with Crippen molar-refractivity contribution in [2.24, 2.45) is 0 Å². The minimum Gasteiger partial charge on any atom is -0.319 e. The first-order chi connectivity index (χ1) is 35.3. The summed E-state index contributed by atoms with van der Waals surface area (Å²) in [5.41, 5.74) is 8.70. The van der Waals surface area contributed by atoms with Crippen LogP contribution >= 0.6 is 0 Å². The highest BCUT2D eigenvalue weighted by Gasteiger charge is 2.36. The van der Waals surface area contributed by atoms with Gasteiger partial charge in [0.1, 0.15) is 0 Å². The van der Waals surface area contributed by atoms with Crippen LogP contribution in [0.15, 0.2) is 212 Å². The maximum atomic E-state index is 15.4. The molecule has 0 spiro atoms. The molecule has 0 fully saturated rings. The monoisotopic (exact) mass is 932 g/mol. The lowest BCUT2D eigenvalue weighted by Crippen LogP contribution is -2.09. The van der Waals surface area contributed by atoms with Crippen LogP contribution in [-0.2, 0) is 6.18 Å². The second kappa shape index (κ2) is 15.3. The molecular weight excluding hydrogens is 898 g/mol. The molecule has 0 aliphatic carbocycles. The van der Waals surface area contributed by atoms with Crippen molar-refractivity contribution < 1.29 is 13.2 Å². The molecule has 0 unspecified atom stereocenters. The van der Waals surface area contributed by atoms with Gasteiger partial charge >= 0.3 is 6.18 Å². The zero-order valence-electron chi connectivity index (χ0n) is 38.0. The fourth-order valence-corrected chi connectivity index (χ4v) is 11.5. The first-order valence-corrected chi connectivity index (χ1v) is 23.5. The predicted octanol–water partition coefficient (Wildman–Crippen LogP) is 17.9. The Bertz CT molecular complexity index is 4610. The Hall–Kier alpha value is -9.83. The van der Waals surface area contributed by atoms with Gasteiger partial charge in [-0.25, -0.2) is 9.69 Å². The zero-order valence-corrected chi connectivity index (χ0v) is 38.0. The van der Waals surface area contributed by atoms with Gasteiger partial charge in [-0.2, -0.15) is 13.2 Å². The largest absolute Gasteiger partial charge is 0.415 e. The van der Waals surface area contributed by atoms with E-state index in [1.54, 1.807) is 12.1 Å². The van der Waals surface area contributed by atoms with Gasteiger partial charge in [-0.05, 0) is 84.4 Å². The number of nitrogens with zero attached hydrogens (tertiary/aromatic N) is 6. The predicted molar refractivity (Wildman–Crippen MR) is 287 cm³/mol. The van der Waals surface area contributed by atoms with Crippen LogP contribution in [0.2, 0.25) is 0 Å². The third-order valence-electron chi connectivity index (χ3n) is 14.4. The van der Waals surface area contributed by atoms with E-state index in [1.165, 1.54) is 12.1 Å². The van der Waals surface area contributed by atoms with Gasteiger partial charge in [-0.3, -0.25) is 0 Å². The van der Waals surface area contributed by atoms with E-state index >= 15 is 13.2 Å². The summed E-state index contributed by atoms with van der Waals surface area (Å²) in [7, 11) is 0. The highest BCUT2D eigenvalue weighted by Crippen LogP contribution is 2.51. The molecule has 338 valence electrons. The summed E-state index contributed by atoms with van der Waals surface area (Å²) >= 11 is 0.